The van der Waals surface area contributed by atoms with Crippen LogP contribution in [0.25, 0.3) is 0 Å². The van der Waals surface area contributed by atoms with Gasteiger partial charge in [0.15, 0.2) is 0 Å². The van der Waals surface area contributed by atoms with E-state index in [2.05, 4.69) is 41.0 Å². The molecule has 20 heavy (non-hydrogen) atoms. The summed E-state index contributed by atoms with van der Waals surface area (Å²) in [5.41, 5.74) is 8.58. The Morgan fingerprint density at radius 2 is 1.85 bits per heavy atom. The monoisotopic (exact) mass is 273 g/mol. The van der Waals surface area contributed by atoms with Gasteiger partial charge in [-0.1, -0.05) is 12.1 Å². The van der Waals surface area contributed by atoms with Crippen LogP contribution < -0.4 is 10.6 Å². The number of benzene rings is 1. The van der Waals surface area contributed by atoms with E-state index in [1.54, 1.807) is 0 Å². The Labute approximate surface area is 122 Å². The number of nitrogens with two attached hydrogens (primary N) is 1. The van der Waals surface area contributed by atoms with Crippen molar-refractivity contribution in [1.29, 1.82) is 0 Å². The van der Waals surface area contributed by atoms with E-state index in [-0.39, 0.29) is 6.04 Å². The number of hydrogen-bond donors (Lipinski definition) is 1. The van der Waals surface area contributed by atoms with Gasteiger partial charge in [-0.3, -0.25) is 4.90 Å². The van der Waals surface area contributed by atoms with E-state index in [9.17, 15) is 0 Å². The smallest absolute Gasteiger partial charge is 0.0366 e. The summed E-state index contributed by atoms with van der Waals surface area (Å²) in [7, 11) is 0. The number of hydrogen-bond acceptors (Lipinski definition) is 3. The molecule has 3 rings (SSSR count). The average molecular weight is 273 g/mol. The largest absolute Gasteiger partial charge is 0.370 e. The van der Waals surface area contributed by atoms with Crippen molar-refractivity contribution in [2.24, 2.45) is 5.73 Å². The molecule has 2 N–H and O–H groups in total. The molecule has 2 aliphatic heterocycles. The lowest BCUT2D eigenvalue weighted by Crippen LogP contribution is -2.35. The van der Waals surface area contributed by atoms with Gasteiger partial charge in [0.1, 0.15) is 0 Å². The van der Waals surface area contributed by atoms with Crippen molar-refractivity contribution < 1.29 is 0 Å². The zero-order chi connectivity index (χ0) is 13.9. The molecule has 3 nitrogen and oxygen atoms in total. The van der Waals surface area contributed by atoms with Crippen LogP contribution in [0, 0.1) is 0 Å². The van der Waals surface area contributed by atoms with Gasteiger partial charge in [0.05, 0.1) is 0 Å². The molecule has 0 aliphatic carbocycles. The Bertz CT molecular complexity index is 420. The van der Waals surface area contributed by atoms with Gasteiger partial charge >= 0.3 is 0 Å². The minimum absolute atomic E-state index is 0.243. The first-order chi connectivity index (χ1) is 9.72. The number of anilines is 1. The van der Waals surface area contributed by atoms with Gasteiger partial charge in [0.25, 0.3) is 0 Å². The summed E-state index contributed by atoms with van der Waals surface area (Å²) < 4.78 is 0. The standard InChI is InChI=1S/C17H27N3/c1-14(18)12-15-4-6-16(7-5-15)20-11-8-17(13-20)19-9-2-3-10-19/h4-7,14,17H,2-3,8-13,18H2,1H3. The normalized spacial score (nSPS) is 25.3. The minimum atomic E-state index is 0.243. The molecule has 1 aromatic carbocycles. The summed E-state index contributed by atoms with van der Waals surface area (Å²) in [5.74, 6) is 0. The van der Waals surface area contributed by atoms with Gasteiger partial charge in [-0.2, -0.15) is 0 Å². The zero-order valence-corrected chi connectivity index (χ0v) is 12.6. The third-order valence-electron chi connectivity index (χ3n) is 4.68. The second-order valence-electron chi connectivity index (χ2n) is 6.48. The molecule has 2 heterocycles. The molecule has 110 valence electrons. The van der Waals surface area contributed by atoms with E-state index in [4.69, 9.17) is 5.73 Å². The second-order valence-corrected chi connectivity index (χ2v) is 6.48. The Kier molecular flexibility index (Phi) is 4.27. The highest BCUT2D eigenvalue weighted by Crippen LogP contribution is 2.25. The molecule has 0 bridgehead atoms. The van der Waals surface area contributed by atoms with Crippen molar-refractivity contribution in [2.75, 3.05) is 31.1 Å². The van der Waals surface area contributed by atoms with Crippen molar-refractivity contribution in [3.8, 4) is 0 Å². The topological polar surface area (TPSA) is 32.5 Å². The maximum absolute atomic E-state index is 5.86. The Balaban J connectivity index is 1.59. The zero-order valence-electron chi connectivity index (χ0n) is 12.6. The predicted molar refractivity (Wildman–Crippen MR) is 85.2 cm³/mol. The molecular weight excluding hydrogens is 246 g/mol. The third kappa shape index (κ3) is 3.15. The molecule has 3 heteroatoms. The average Bonchev–Trinajstić information content (AvgIpc) is 3.10. The molecule has 2 unspecified atom stereocenters. The van der Waals surface area contributed by atoms with Crippen LogP contribution in [-0.2, 0) is 6.42 Å². The molecule has 2 fully saturated rings. The van der Waals surface area contributed by atoms with Gasteiger partial charge < -0.3 is 10.6 Å². The molecule has 2 saturated heterocycles. The Morgan fingerprint density at radius 3 is 2.50 bits per heavy atom. The van der Waals surface area contributed by atoms with Crippen LogP contribution in [0.5, 0.6) is 0 Å². The summed E-state index contributed by atoms with van der Waals surface area (Å²) >= 11 is 0. The summed E-state index contributed by atoms with van der Waals surface area (Å²) in [6.07, 6.45) is 5.07. The van der Waals surface area contributed by atoms with Crippen molar-refractivity contribution in [2.45, 2.75) is 44.7 Å². The molecule has 0 radical (unpaired) electrons. The lowest BCUT2D eigenvalue weighted by molar-refractivity contribution is 0.260. The number of rotatable bonds is 4. The summed E-state index contributed by atoms with van der Waals surface area (Å²) in [6.45, 7) is 7.09. The number of nitrogens with zero attached hydrogens (tertiary/aromatic N) is 2. The van der Waals surface area contributed by atoms with Gasteiger partial charge in [0.2, 0.25) is 0 Å². The maximum Gasteiger partial charge on any atom is 0.0366 e. The maximum atomic E-state index is 5.86. The van der Waals surface area contributed by atoms with Gasteiger partial charge in [0, 0.05) is 30.9 Å². The highest BCUT2D eigenvalue weighted by Gasteiger charge is 2.29. The van der Waals surface area contributed by atoms with Crippen LogP contribution in [0.4, 0.5) is 5.69 Å². The Hall–Kier alpha value is -1.06. The van der Waals surface area contributed by atoms with E-state index in [0.717, 1.165) is 12.5 Å². The van der Waals surface area contributed by atoms with E-state index < -0.39 is 0 Å². The fourth-order valence-corrected chi connectivity index (χ4v) is 3.60. The molecule has 0 aromatic heterocycles. The molecule has 0 spiro atoms. The second kappa shape index (κ2) is 6.15. The molecular formula is C17H27N3. The van der Waals surface area contributed by atoms with E-state index in [0.29, 0.717) is 0 Å². The molecule has 2 aliphatic rings. The lowest BCUT2D eigenvalue weighted by atomic mass is 10.1. The first-order valence-corrected chi connectivity index (χ1v) is 8.06. The molecule has 0 saturated carbocycles. The minimum Gasteiger partial charge on any atom is -0.370 e. The van der Waals surface area contributed by atoms with Crippen molar-refractivity contribution in [3.05, 3.63) is 29.8 Å². The van der Waals surface area contributed by atoms with Crippen molar-refractivity contribution in [1.82, 2.24) is 4.90 Å². The van der Waals surface area contributed by atoms with Crippen LogP contribution in [0.15, 0.2) is 24.3 Å². The van der Waals surface area contributed by atoms with Crippen LogP contribution >= 0.6 is 0 Å². The SMILES string of the molecule is CC(N)Cc1ccc(N2CCC(N3CCCC3)C2)cc1. The fraction of sp³-hybridized carbons (Fsp3) is 0.647. The van der Waals surface area contributed by atoms with Crippen molar-refractivity contribution >= 4 is 5.69 Å². The highest BCUT2D eigenvalue weighted by molar-refractivity contribution is 5.49. The van der Waals surface area contributed by atoms with Crippen LogP contribution in [0.3, 0.4) is 0 Å². The lowest BCUT2D eigenvalue weighted by Gasteiger charge is -2.24. The first-order valence-electron chi connectivity index (χ1n) is 8.06. The molecule has 0 amide bonds. The summed E-state index contributed by atoms with van der Waals surface area (Å²) in [6, 6.07) is 10.0. The Morgan fingerprint density at radius 1 is 1.15 bits per heavy atom. The molecule has 2 atom stereocenters. The van der Waals surface area contributed by atoms with E-state index in [1.165, 1.54) is 56.7 Å². The predicted octanol–water partition coefficient (Wildman–Crippen LogP) is 2.25. The summed E-state index contributed by atoms with van der Waals surface area (Å²) in [5, 5.41) is 0. The first kappa shape index (κ1) is 13.9. The van der Waals surface area contributed by atoms with E-state index in [1.807, 2.05) is 0 Å². The van der Waals surface area contributed by atoms with Crippen molar-refractivity contribution in [3.63, 3.8) is 0 Å². The van der Waals surface area contributed by atoms with Crippen LogP contribution in [-0.4, -0.2) is 43.2 Å². The molecule has 1 aromatic rings. The van der Waals surface area contributed by atoms with Gasteiger partial charge in [-0.15, -0.1) is 0 Å². The van der Waals surface area contributed by atoms with Crippen LogP contribution in [0.2, 0.25) is 0 Å². The summed E-state index contributed by atoms with van der Waals surface area (Å²) in [4.78, 5) is 5.23. The van der Waals surface area contributed by atoms with Gasteiger partial charge in [-0.05, 0) is 63.4 Å². The number of likely N-dealkylation sites (tertiary alicyclic amines) is 1. The van der Waals surface area contributed by atoms with E-state index >= 15 is 0 Å². The third-order valence-corrected chi connectivity index (χ3v) is 4.68. The fourth-order valence-electron chi connectivity index (χ4n) is 3.60. The van der Waals surface area contributed by atoms with Gasteiger partial charge in [-0.25, -0.2) is 0 Å². The highest BCUT2D eigenvalue weighted by atomic mass is 15.3. The quantitative estimate of drug-likeness (QED) is 0.913. The van der Waals surface area contributed by atoms with Crippen LogP contribution in [0.1, 0.15) is 31.7 Å².